The van der Waals surface area contributed by atoms with E-state index in [4.69, 9.17) is 9.47 Å². The molecule has 0 bridgehead atoms. The summed E-state index contributed by atoms with van der Waals surface area (Å²) >= 11 is 0. The lowest BCUT2D eigenvalue weighted by atomic mass is 10.1. The fraction of sp³-hybridized carbons (Fsp3) is 0.375. The second-order valence-corrected chi connectivity index (χ2v) is 11.5. The van der Waals surface area contributed by atoms with Crippen molar-refractivity contribution >= 4 is 27.5 Å². The van der Waals surface area contributed by atoms with Crippen LogP contribution in [0.15, 0.2) is 83.8 Å². The maximum Gasteiger partial charge on any atom is 0.264 e. The Labute approximate surface area is 249 Å². The van der Waals surface area contributed by atoms with E-state index in [2.05, 4.69) is 5.32 Å². The normalized spacial score (nSPS) is 11.8. The van der Waals surface area contributed by atoms with Crippen LogP contribution in [0.25, 0.3) is 0 Å². The number of hydrogen-bond donors (Lipinski definition) is 1. The third-order valence-electron chi connectivity index (χ3n) is 6.75. The van der Waals surface area contributed by atoms with Crippen molar-refractivity contribution in [2.75, 3.05) is 31.1 Å². The van der Waals surface area contributed by atoms with E-state index in [1.807, 2.05) is 26.0 Å². The topological polar surface area (TPSA) is 105 Å². The van der Waals surface area contributed by atoms with E-state index in [-0.39, 0.29) is 23.0 Å². The molecule has 3 rings (SSSR count). The van der Waals surface area contributed by atoms with Crippen LogP contribution < -0.4 is 19.1 Å². The Morgan fingerprint density at radius 3 is 2.31 bits per heavy atom. The average Bonchev–Trinajstić information content (AvgIpc) is 3.00. The number of amides is 2. The number of rotatable bonds is 16. The molecule has 0 aliphatic rings. The number of methoxy groups -OCH3 is 1. The molecule has 3 aromatic carbocycles. The van der Waals surface area contributed by atoms with Gasteiger partial charge in [0, 0.05) is 13.1 Å². The lowest BCUT2D eigenvalue weighted by molar-refractivity contribution is -0.140. The first-order valence-electron chi connectivity index (χ1n) is 14.3. The summed E-state index contributed by atoms with van der Waals surface area (Å²) in [7, 11) is -2.64. The number of anilines is 1. The van der Waals surface area contributed by atoms with Gasteiger partial charge >= 0.3 is 0 Å². The number of carbonyl (C=O) groups is 2. The lowest BCUT2D eigenvalue weighted by Gasteiger charge is -2.33. The molecule has 0 fully saturated rings. The molecular formula is C32H41N3O6S. The van der Waals surface area contributed by atoms with E-state index in [1.54, 1.807) is 68.6 Å². The van der Waals surface area contributed by atoms with Crippen LogP contribution in [0.5, 0.6) is 11.5 Å². The Kier molecular flexibility index (Phi) is 12.2. The smallest absolute Gasteiger partial charge is 0.264 e. The summed E-state index contributed by atoms with van der Waals surface area (Å²) in [6.45, 7) is 6.01. The first-order chi connectivity index (χ1) is 20.3. The fourth-order valence-electron chi connectivity index (χ4n) is 4.57. The highest BCUT2D eigenvalue weighted by Gasteiger charge is 2.34. The number of unbranched alkanes of at least 4 members (excludes halogenated alkanes) is 1. The molecule has 0 aliphatic carbocycles. The first-order valence-corrected chi connectivity index (χ1v) is 15.7. The number of hydrogen-bond acceptors (Lipinski definition) is 6. The second kappa shape index (κ2) is 15.8. The van der Waals surface area contributed by atoms with Gasteiger partial charge < -0.3 is 19.7 Å². The number of para-hydroxylation sites is 2. The van der Waals surface area contributed by atoms with Gasteiger partial charge in [-0.3, -0.25) is 13.9 Å². The van der Waals surface area contributed by atoms with Gasteiger partial charge in [-0.2, -0.15) is 0 Å². The van der Waals surface area contributed by atoms with Crippen molar-refractivity contribution in [1.82, 2.24) is 10.2 Å². The molecule has 0 aliphatic heterocycles. The third kappa shape index (κ3) is 8.25. The van der Waals surface area contributed by atoms with Gasteiger partial charge in [-0.1, -0.05) is 62.7 Å². The maximum atomic E-state index is 14.2. The summed E-state index contributed by atoms with van der Waals surface area (Å²) in [5.74, 6) is 0.130. The molecule has 0 radical (unpaired) electrons. The molecule has 1 N–H and O–H groups in total. The van der Waals surface area contributed by atoms with E-state index < -0.39 is 28.5 Å². The van der Waals surface area contributed by atoms with Gasteiger partial charge in [0.1, 0.15) is 24.1 Å². The predicted octanol–water partition coefficient (Wildman–Crippen LogP) is 5.01. The quantitative estimate of drug-likeness (QED) is 0.234. The van der Waals surface area contributed by atoms with Crippen LogP contribution in [-0.4, -0.2) is 58.0 Å². The zero-order chi connectivity index (χ0) is 30.5. The van der Waals surface area contributed by atoms with Gasteiger partial charge in [-0.05, 0) is 61.7 Å². The molecule has 3 aromatic rings. The molecule has 0 saturated heterocycles. The molecule has 0 aromatic heterocycles. The van der Waals surface area contributed by atoms with E-state index >= 15 is 0 Å². The van der Waals surface area contributed by atoms with E-state index in [9.17, 15) is 18.0 Å². The Morgan fingerprint density at radius 1 is 0.929 bits per heavy atom. The van der Waals surface area contributed by atoms with Gasteiger partial charge in [-0.25, -0.2) is 8.42 Å². The zero-order valence-corrected chi connectivity index (χ0v) is 25.6. The molecule has 226 valence electrons. The number of nitrogens with zero attached hydrogens (tertiary/aromatic N) is 2. The Balaban J connectivity index is 2.08. The van der Waals surface area contributed by atoms with E-state index in [1.165, 1.54) is 17.0 Å². The molecule has 0 heterocycles. The second-order valence-electron chi connectivity index (χ2n) is 9.67. The van der Waals surface area contributed by atoms with Crippen LogP contribution in [-0.2, 0) is 26.2 Å². The van der Waals surface area contributed by atoms with Crippen molar-refractivity contribution in [3.8, 4) is 11.5 Å². The number of sulfonamides is 1. The van der Waals surface area contributed by atoms with Crippen LogP contribution in [0.2, 0.25) is 0 Å². The molecule has 1 unspecified atom stereocenters. The van der Waals surface area contributed by atoms with Crippen molar-refractivity contribution in [2.45, 2.75) is 57.5 Å². The van der Waals surface area contributed by atoms with Crippen LogP contribution >= 0.6 is 0 Å². The van der Waals surface area contributed by atoms with Crippen LogP contribution in [0.1, 0.15) is 45.6 Å². The average molecular weight is 596 g/mol. The van der Waals surface area contributed by atoms with Gasteiger partial charge in [-0.15, -0.1) is 0 Å². The summed E-state index contributed by atoms with van der Waals surface area (Å²) < 4.78 is 40.3. The highest BCUT2D eigenvalue weighted by atomic mass is 32.2. The summed E-state index contributed by atoms with van der Waals surface area (Å²) in [5.41, 5.74) is 0.980. The SMILES string of the molecule is CCCCNC(=O)C(CC)N(Cc1cccc(OC)c1)C(=O)CN(c1ccccc1OCC)S(=O)(=O)c1ccccc1. The molecule has 0 spiro atoms. The molecule has 2 amide bonds. The van der Waals surface area contributed by atoms with Gasteiger partial charge in [0.15, 0.2) is 0 Å². The molecular weight excluding hydrogens is 554 g/mol. The van der Waals surface area contributed by atoms with Gasteiger partial charge in [0.2, 0.25) is 11.8 Å². The summed E-state index contributed by atoms with van der Waals surface area (Å²) in [4.78, 5) is 29.1. The monoisotopic (exact) mass is 595 g/mol. The summed E-state index contributed by atoms with van der Waals surface area (Å²) in [6.07, 6.45) is 2.06. The fourth-order valence-corrected chi connectivity index (χ4v) is 6.01. The van der Waals surface area contributed by atoms with Gasteiger partial charge in [0.05, 0.1) is 24.3 Å². The molecule has 1 atom stereocenters. The maximum absolute atomic E-state index is 14.2. The minimum Gasteiger partial charge on any atom is -0.497 e. The molecule has 9 nitrogen and oxygen atoms in total. The highest BCUT2D eigenvalue weighted by molar-refractivity contribution is 7.92. The van der Waals surface area contributed by atoms with Crippen molar-refractivity contribution in [3.63, 3.8) is 0 Å². The van der Waals surface area contributed by atoms with E-state index in [0.29, 0.717) is 31.1 Å². The number of ether oxygens (including phenoxy) is 2. The highest BCUT2D eigenvalue weighted by Crippen LogP contribution is 2.33. The number of carbonyl (C=O) groups excluding carboxylic acids is 2. The lowest BCUT2D eigenvalue weighted by Crippen LogP contribution is -2.52. The minimum absolute atomic E-state index is 0.0350. The molecule has 0 saturated carbocycles. The third-order valence-corrected chi connectivity index (χ3v) is 8.52. The Morgan fingerprint density at radius 2 is 1.64 bits per heavy atom. The minimum atomic E-state index is -4.19. The van der Waals surface area contributed by atoms with E-state index in [0.717, 1.165) is 22.7 Å². The Hall–Kier alpha value is -4.05. The van der Waals surface area contributed by atoms with Crippen molar-refractivity contribution in [1.29, 1.82) is 0 Å². The summed E-state index contributed by atoms with van der Waals surface area (Å²) in [6, 6.07) is 21.1. The standard InChI is InChI=1S/C32H41N3O6S/c1-5-8-21-33-32(37)28(6-2)34(23-25-15-14-16-26(22-25)40-4)31(36)24-35(29-19-12-13-20-30(29)41-7-3)42(38,39)27-17-10-9-11-18-27/h9-20,22,28H,5-8,21,23-24H2,1-4H3,(H,33,37). The van der Waals surface area contributed by atoms with Crippen LogP contribution in [0.4, 0.5) is 5.69 Å². The molecule has 42 heavy (non-hydrogen) atoms. The van der Waals surface area contributed by atoms with Crippen LogP contribution in [0, 0.1) is 0 Å². The molecule has 10 heteroatoms. The van der Waals surface area contributed by atoms with Gasteiger partial charge in [0.25, 0.3) is 10.0 Å². The largest absolute Gasteiger partial charge is 0.497 e. The van der Waals surface area contributed by atoms with Crippen LogP contribution in [0.3, 0.4) is 0 Å². The first kappa shape index (κ1) is 32.5. The van der Waals surface area contributed by atoms with Crippen molar-refractivity contribution < 1.29 is 27.5 Å². The number of nitrogens with one attached hydrogen (secondary N) is 1. The predicted molar refractivity (Wildman–Crippen MR) is 164 cm³/mol. The number of benzene rings is 3. The van der Waals surface area contributed by atoms with Crippen molar-refractivity contribution in [2.24, 2.45) is 0 Å². The summed E-state index contributed by atoms with van der Waals surface area (Å²) in [5, 5.41) is 2.94. The van der Waals surface area contributed by atoms with Crippen molar-refractivity contribution in [3.05, 3.63) is 84.4 Å². The Bertz CT molecular complexity index is 1410. The zero-order valence-electron chi connectivity index (χ0n) is 24.8.